The lowest BCUT2D eigenvalue weighted by molar-refractivity contribution is -0.383. The van der Waals surface area contributed by atoms with E-state index in [-0.39, 0.29) is 17.1 Å². The Balaban J connectivity index is 2.32. The molecule has 0 fully saturated rings. The summed E-state index contributed by atoms with van der Waals surface area (Å²) < 4.78 is 0. The average molecular weight is 292 g/mol. The molecule has 0 aliphatic heterocycles. The van der Waals surface area contributed by atoms with Gasteiger partial charge < -0.3 is 5.32 Å². The number of hydrogen-bond donors (Lipinski definition) is 1. The Labute approximate surface area is 119 Å². The van der Waals surface area contributed by atoms with Crippen LogP contribution in [0.4, 0.5) is 11.4 Å². The smallest absolute Gasteiger partial charge is 0.292 e. The van der Waals surface area contributed by atoms with Gasteiger partial charge in [-0.25, -0.2) is 0 Å². The van der Waals surface area contributed by atoms with Gasteiger partial charge in [-0.05, 0) is 30.7 Å². The number of aromatic nitrogens is 1. The van der Waals surface area contributed by atoms with Crippen molar-refractivity contribution in [3.05, 3.63) is 62.9 Å². The molecule has 0 radical (unpaired) electrons. The lowest BCUT2D eigenvalue weighted by Gasteiger charge is -2.06. The number of nitro benzene ring substituents is 1. The van der Waals surface area contributed by atoms with E-state index in [0.29, 0.717) is 5.02 Å². The summed E-state index contributed by atoms with van der Waals surface area (Å²) in [5, 5.41) is 13.8. The van der Waals surface area contributed by atoms with Gasteiger partial charge in [-0.1, -0.05) is 17.7 Å². The first kappa shape index (κ1) is 14.0. The average Bonchev–Trinajstić information content (AvgIpc) is 2.38. The number of carbonyl (C=O) groups excluding carboxylic acids is 1. The summed E-state index contributed by atoms with van der Waals surface area (Å²) in [7, 11) is 0. The van der Waals surface area contributed by atoms with E-state index in [4.69, 9.17) is 11.6 Å². The molecule has 0 saturated carbocycles. The third-order valence-corrected chi connectivity index (χ3v) is 2.79. The molecule has 0 bridgehead atoms. The first-order chi connectivity index (χ1) is 9.47. The molecule has 1 N–H and O–H groups in total. The van der Waals surface area contributed by atoms with E-state index < -0.39 is 10.8 Å². The Kier molecular flexibility index (Phi) is 3.95. The normalized spacial score (nSPS) is 10.1. The molecule has 102 valence electrons. The molecule has 1 aromatic heterocycles. The Bertz CT molecular complexity index is 688. The van der Waals surface area contributed by atoms with Gasteiger partial charge in [0, 0.05) is 17.3 Å². The first-order valence-corrected chi connectivity index (χ1v) is 6.03. The molecule has 20 heavy (non-hydrogen) atoms. The summed E-state index contributed by atoms with van der Waals surface area (Å²) in [5.41, 5.74) is 0.839. The third kappa shape index (κ3) is 3.10. The second-order valence-corrected chi connectivity index (χ2v) is 4.53. The summed E-state index contributed by atoms with van der Waals surface area (Å²) in [5.74, 6) is -0.554. The van der Waals surface area contributed by atoms with Crippen molar-refractivity contribution in [3.63, 3.8) is 0 Å². The molecule has 2 rings (SSSR count). The number of anilines is 1. The molecule has 0 atom stereocenters. The van der Waals surface area contributed by atoms with Crippen LogP contribution in [0.5, 0.6) is 0 Å². The molecule has 0 unspecified atom stereocenters. The number of amides is 1. The third-order valence-electron chi connectivity index (χ3n) is 2.55. The number of nitro groups is 1. The molecule has 0 aliphatic rings. The quantitative estimate of drug-likeness (QED) is 0.695. The molecule has 1 heterocycles. The summed E-state index contributed by atoms with van der Waals surface area (Å²) in [4.78, 5) is 26.2. The van der Waals surface area contributed by atoms with Crippen molar-refractivity contribution >= 4 is 28.9 Å². The van der Waals surface area contributed by atoms with Gasteiger partial charge in [0.15, 0.2) is 0 Å². The van der Waals surface area contributed by atoms with Gasteiger partial charge in [-0.2, -0.15) is 0 Å². The highest BCUT2D eigenvalue weighted by molar-refractivity contribution is 6.31. The predicted molar refractivity (Wildman–Crippen MR) is 75.0 cm³/mol. The van der Waals surface area contributed by atoms with Crippen LogP contribution in [0.1, 0.15) is 16.1 Å². The number of nitrogens with zero attached hydrogens (tertiary/aromatic N) is 2. The summed E-state index contributed by atoms with van der Waals surface area (Å²) >= 11 is 5.77. The molecule has 0 aliphatic carbocycles. The fraction of sp³-hybridized carbons (Fsp3) is 0.0769. The van der Waals surface area contributed by atoms with Crippen LogP contribution in [-0.4, -0.2) is 15.8 Å². The van der Waals surface area contributed by atoms with Crippen molar-refractivity contribution in [2.45, 2.75) is 6.92 Å². The van der Waals surface area contributed by atoms with Crippen LogP contribution in [0, 0.1) is 17.0 Å². The van der Waals surface area contributed by atoms with Gasteiger partial charge in [0.2, 0.25) is 0 Å². The zero-order chi connectivity index (χ0) is 14.7. The van der Waals surface area contributed by atoms with Gasteiger partial charge in [0.1, 0.15) is 11.4 Å². The lowest BCUT2D eigenvalue weighted by atomic mass is 10.2. The highest BCUT2D eigenvalue weighted by Crippen LogP contribution is 2.25. The molecule has 6 nitrogen and oxygen atoms in total. The summed E-state index contributed by atoms with van der Waals surface area (Å²) in [6.45, 7) is 1.77. The minimum absolute atomic E-state index is 0.0910. The van der Waals surface area contributed by atoms with Gasteiger partial charge >= 0.3 is 0 Å². The number of carbonyl (C=O) groups is 1. The van der Waals surface area contributed by atoms with Gasteiger partial charge in [0.25, 0.3) is 11.6 Å². The molecule has 0 spiro atoms. The second kappa shape index (κ2) is 5.66. The SMILES string of the molecule is Cc1ccc([N+](=O)[O-])c(NC(=O)c2cc(Cl)ccn2)c1. The molecule has 1 aromatic carbocycles. The van der Waals surface area contributed by atoms with Crippen molar-refractivity contribution in [2.75, 3.05) is 5.32 Å². The Hall–Kier alpha value is -2.47. The standard InChI is InChI=1S/C13H10ClN3O3/c1-8-2-3-12(17(19)20)10(6-8)16-13(18)11-7-9(14)4-5-15-11/h2-7H,1H3,(H,16,18). The number of aryl methyl sites for hydroxylation is 1. The number of benzene rings is 1. The predicted octanol–water partition coefficient (Wildman–Crippen LogP) is 3.20. The van der Waals surface area contributed by atoms with Crippen LogP contribution < -0.4 is 5.32 Å². The van der Waals surface area contributed by atoms with E-state index >= 15 is 0 Å². The fourth-order valence-electron chi connectivity index (χ4n) is 1.62. The van der Waals surface area contributed by atoms with Gasteiger partial charge in [-0.3, -0.25) is 19.9 Å². The molecular weight excluding hydrogens is 282 g/mol. The van der Waals surface area contributed by atoms with Crippen LogP contribution >= 0.6 is 11.6 Å². The van der Waals surface area contributed by atoms with Crippen molar-refractivity contribution in [3.8, 4) is 0 Å². The number of halogens is 1. The highest BCUT2D eigenvalue weighted by atomic mass is 35.5. The molecular formula is C13H10ClN3O3. The maximum absolute atomic E-state index is 12.0. The fourth-order valence-corrected chi connectivity index (χ4v) is 1.78. The van der Waals surface area contributed by atoms with E-state index in [0.717, 1.165) is 5.56 Å². The maximum Gasteiger partial charge on any atom is 0.292 e. The Morgan fingerprint density at radius 2 is 2.10 bits per heavy atom. The van der Waals surface area contributed by atoms with Crippen molar-refractivity contribution in [1.82, 2.24) is 4.98 Å². The van der Waals surface area contributed by atoms with Gasteiger partial charge in [0.05, 0.1) is 4.92 Å². The summed E-state index contributed by atoms with van der Waals surface area (Å²) in [6, 6.07) is 7.40. The van der Waals surface area contributed by atoms with Crippen LogP contribution in [0.25, 0.3) is 0 Å². The Morgan fingerprint density at radius 3 is 2.75 bits per heavy atom. The monoisotopic (exact) mass is 291 g/mol. The van der Waals surface area contributed by atoms with Gasteiger partial charge in [-0.15, -0.1) is 0 Å². The highest BCUT2D eigenvalue weighted by Gasteiger charge is 2.17. The van der Waals surface area contributed by atoms with Crippen molar-refractivity contribution in [1.29, 1.82) is 0 Å². The topological polar surface area (TPSA) is 85.1 Å². The van der Waals surface area contributed by atoms with Crippen LogP contribution in [0.2, 0.25) is 5.02 Å². The van der Waals surface area contributed by atoms with Crippen molar-refractivity contribution < 1.29 is 9.72 Å². The maximum atomic E-state index is 12.0. The zero-order valence-electron chi connectivity index (χ0n) is 10.5. The van der Waals surface area contributed by atoms with Crippen LogP contribution in [-0.2, 0) is 0 Å². The summed E-state index contributed by atoms with van der Waals surface area (Å²) in [6.07, 6.45) is 1.39. The lowest BCUT2D eigenvalue weighted by Crippen LogP contribution is -2.14. The largest absolute Gasteiger partial charge is 0.315 e. The zero-order valence-corrected chi connectivity index (χ0v) is 11.2. The molecule has 1 amide bonds. The van der Waals surface area contributed by atoms with Crippen LogP contribution in [0.15, 0.2) is 36.5 Å². The van der Waals surface area contributed by atoms with E-state index in [2.05, 4.69) is 10.3 Å². The minimum Gasteiger partial charge on any atom is -0.315 e. The van der Waals surface area contributed by atoms with E-state index in [9.17, 15) is 14.9 Å². The first-order valence-electron chi connectivity index (χ1n) is 5.65. The number of pyridine rings is 1. The van der Waals surface area contributed by atoms with Crippen molar-refractivity contribution in [2.24, 2.45) is 0 Å². The molecule has 7 heteroatoms. The number of rotatable bonds is 3. The molecule has 0 saturated heterocycles. The number of hydrogen-bond acceptors (Lipinski definition) is 4. The minimum atomic E-state index is -0.555. The molecule has 2 aromatic rings. The van der Waals surface area contributed by atoms with Crippen LogP contribution in [0.3, 0.4) is 0 Å². The van der Waals surface area contributed by atoms with E-state index in [1.807, 2.05) is 0 Å². The van der Waals surface area contributed by atoms with E-state index in [1.165, 1.54) is 30.5 Å². The van der Waals surface area contributed by atoms with E-state index in [1.54, 1.807) is 13.0 Å². The second-order valence-electron chi connectivity index (χ2n) is 4.09. The Morgan fingerprint density at radius 1 is 1.35 bits per heavy atom. The number of nitrogens with one attached hydrogen (secondary N) is 1.